The normalized spacial score (nSPS) is 13.8. The minimum absolute atomic E-state index is 0. The first-order valence-electron chi connectivity index (χ1n) is 6.21. The number of hydrogen-bond donors (Lipinski definition) is 0. The molecule has 5 heteroatoms. The molecule has 0 amide bonds. The smallest absolute Gasteiger partial charge is 0.550 e. The number of carbonyl (C=O) groups is 2. The summed E-state index contributed by atoms with van der Waals surface area (Å²) in [4.78, 5) is 21.0. The van der Waals surface area contributed by atoms with Crippen LogP contribution in [-0.2, 0) is 33.8 Å². The number of carboxylic acids is 1. The van der Waals surface area contributed by atoms with E-state index < -0.39 is 11.4 Å². The van der Waals surface area contributed by atoms with Crippen LogP contribution in [0.25, 0.3) is 0 Å². The molecule has 1 aliphatic carbocycles. The van der Waals surface area contributed by atoms with E-state index in [0.717, 1.165) is 24.8 Å². The Hall–Kier alpha value is -0.827. The van der Waals surface area contributed by atoms with Gasteiger partial charge in [0.05, 0.1) is 6.61 Å². The van der Waals surface area contributed by atoms with E-state index in [1.807, 2.05) is 19.4 Å². The maximum absolute atomic E-state index is 11.1. The molecule has 0 heterocycles. The van der Waals surface area contributed by atoms with Crippen LogP contribution in [0.2, 0.25) is 0 Å². The van der Waals surface area contributed by atoms with E-state index in [1.54, 1.807) is 20.8 Å². The first kappa shape index (κ1) is 20.5. The number of carbonyl (C=O) groups excluding carboxylic acids is 2. The third kappa shape index (κ3) is 9.72. The number of esters is 1. The average Bonchev–Trinajstić information content (AvgIpc) is 2.30. The minimum atomic E-state index is -1.01. The van der Waals surface area contributed by atoms with Crippen LogP contribution in [0.1, 0.15) is 47.0 Å². The Kier molecular flexibility index (Phi) is 10.8. The molecule has 0 atom stereocenters. The summed E-state index contributed by atoms with van der Waals surface area (Å²) in [5.41, 5.74) is 0.0538. The van der Waals surface area contributed by atoms with Crippen LogP contribution in [0.15, 0.2) is 11.6 Å². The second-order valence-electron chi connectivity index (χ2n) is 5.05. The van der Waals surface area contributed by atoms with Gasteiger partial charge in [-0.15, -0.1) is 5.57 Å². The molecule has 0 aromatic carbocycles. The van der Waals surface area contributed by atoms with Crippen LogP contribution in [0.3, 0.4) is 0 Å². The fraction of sp³-hybridized carbons (Fsp3) is 0.643. The Balaban J connectivity index is 0. The van der Waals surface area contributed by atoms with Gasteiger partial charge in [-0.3, -0.25) is 0 Å². The van der Waals surface area contributed by atoms with E-state index in [9.17, 15) is 14.7 Å². The van der Waals surface area contributed by atoms with E-state index in [4.69, 9.17) is 4.74 Å². The standard InChI is InChI=1S/C9H13O2.C5H10O2.Zn/c1-2-11-9(10)8-6-4-3-5-7-8;1-5(2,3)4(6)7;/h6-7H,2-5H2,1H3;1-3H3,(H,6,7);/q-1;;+2/p-1. The summed E-state index contributed by atoms with van der Waals surface area (Å²) in [6, 6.07) is 0. The molecule has 0 aromatic heterocycles. The van der Waals surface area contributed by atoms with Crippen molar-refractivity contribution in [1.29, 1.82) is 0 Å². The van der Waals surface area contributed by atoms with Crippen molar-refractivity contribution < 1.29 is 38.9 Å². The molecule has 0 radical (unpaired) electrons. The minimum Gasteiger partial charge on any atom is -0.550 e. The third-order valence-corrected chi connectivity index (χ3v) is 2.26. The van der Waals surface area contributed by atoms with Crippen molar-refractivity contribution >= 4 is 11.9 Å². The van der Waals surface area contributed by atoms with Crippen molar-refractivity contribution in [3.63, 3.8) is 0 Å². The molecule has 1 aliphatic rings. The van der Waals surface area contributed by atoms with Gasteiger partial charge < -0.3 is 19.4 Å². The molecule has 104 valence electrons. The van der Waals surface area contributed by atoms with Crippen LogP contribution < -0.4 is 5.11 Å². The van der Waals surface area contributed by atoms with Gasteiger partial charge in [-0.25, -0.2) is 0 Å². The Labute approximate surface area is 128 Å². The molecule has 0 bridgehead atoms. The predicted octanol–water partition coefficient (Wildman–Crippen LogP) is 1.64. The molecule has 1 rings (SSSR count). The van der Waals surface area contributed by atoms with Gasteiger partial charge in [0.2, 0.25) is 5.97 Å². The molecule has 0 saturated carbocycles. The van der Waals surface area contributed by atoms with Gasteiger partial charge in [-0.1, -0.05) is 40.0 Å². The summed E-state index contributed by atoms with van der Waals surface area (Å²) in [5, 5.41) is 9.91. The maximum atomic E-state index is 11.1. The molecular weight excluding hydrogens is 298 g/mol. The van der Waals surface area contributed by atoms with E-state index in [1.165, 1.54) is 0 Å². The second-order valence-corrected chi connectivity index (χ2v) is 5.05. The molecular formula is C14H22O4Zn. The van der Waals surface area contributed by atoms with Gasteiger partial charge in [-0.05, 0) is 6.92 Å². The van der Waals surface area contributed by atoms with Crippen LogP contribution >= 0.6 is 0 Å². The number of hydrogen-bond acceptors (Lipinski definition) is 4. The monoisotopic (exact) mass is 318 g/mol. The molecule has 0 aliphatic heterocycles. The number of rotatable bonds is 2. The number of aliphatic carboxylic acids is 1. The van der Waals surface area contributed by atoms with Crippen LogP contribution in [0, 0.1) is 11.8 Å². The predicted molar refractivity (Wildman–Crippen MR) is 67.3 cm³/mol. The Morgan fingerprint density at radius 3 is 2.26 bits per heavy atom. The average molecular weight is 320 g/mol. The molecule has 4 nitrogen and oxygen atoms in total. The van der Waals surface area contributed by atoms with Gasteiger partial charge in [0.25, 0.3) is 0 Å². The molecule has 0 N–H and O–H groups in total. The van der Waals surface area contributed by atoms with Crippen molar-refractivity contribution in [1.82, 2.24) is 0 Å². The summed E-state index contributed by atoms with van der Waals surface area (Å²) in [6.07, 6.45) is 7.06. The van der Waals surface area contributed by atoms with Crippen molar-refractivity contribution in [2.24, 2.45) is 5.41 Å². The number of ether oxygens (including phenoxy) is 1. The van der Waals surface area contributed by atoms with Gasteiger partial charge in [0.15, 0.2) is 0 Å². The Morgan fingerprint density at radius 2 is 1.95 bits per heavy atom. The first-order chi connectivity index (χ1) is 8.29. The van der Waals surface area contributed by atoms with Gasteiger partial charge >= 0.3 is 19.5 Å². The molecule has 0 aromatic rings. The number of allylic oxidation sites excluding steroid dienone is 1. The summed E-state index contributed by atoms with van der Waals surface area (Å²) in [7, 11) is 0. The third-order valence-electron chi connectivity index (χ3n) is 2.26. The van der Waals surface area contributed by atoms with Crippen LogP contribution in [-0.4, -0.2) is 18.5 Å². The van der Waals surface area contributed by atoms with Gasteiger partial charge in [0, 0.05) is 11.4 Å². The zero-order chi connectivity index (χ0) is 14.2. The Morgan fingerprint density at radius 1 is 1.42 bits per heavy atom. The van der Waals surface area contributed by atoms with Crippen LogP contribution in [0.5, 0.6) is 0 Å². The van der Waals surface area contributed by atoms with E-state index in [2.05, 4.69) is 0 Å². The SMILES string of the molecule is CC(C)(C)C(=O)[O-].CCOC(=O)C1=CCCC[CH-]1.[Zn+2]. The van der Waals surface area contributed by atoms with E-state index in [0.29, 0.717) is 6.61 Å². The van der Waals surface area contributed by atoms with Crippen molar-refractivity contribution in [2.75, 3.05) is 6.61 Å². The fourth-order valence-electron chi connectivity index (χ4n) is 1.10. The number of carboxylic acid groups (broad SMARTS) is 1. The summed E-state index contributed by atoms with van der Waals surface area (Å²) in [6.45, 7) is 7.08. The molecule has 0 fully saturated rings. The van der Waals surface area contributed by atoms with Crippen molar-refractivity contribution in [3.05, 3.63) is 18.1 Å². The van der Waals surface area contributed by atoms with Crippen molar-refractivity contribution in [3.8, 4) is 0 Å². The maximum Gasteiger partial charge on any atom is 2.00 e. The zero-order valence-corrected chi connectivity index (χ0v) is 15.3. The summed E-state index contributed by atoms with van der Waals surface area (Å²) in [5.74, 6) is -1.18. The quantitative estimate of drug-likeness (QED) is 0.441. The summed E-state index contributed by atoms with van der Waals surface area (Å²) >= 11 is 0. The largest absolute Gasteiger partial charge is 2.00 e. The van der Waals surface area contributed by atoms with E-state index >= 15 is 0 Å². The molecule has 0 saturated heterocycles. The summed E-state index contributed by atoms with van der Waals surface area (Å²) < 4.78 is 4.84. The van der Waals surface area contributed by atoms with Crippen LogP contribution in [0.4, 0.5) is 0 Å². The van der Waals surface area contributed by atoms with E-state index in [-0.39, 0.29) is 25.4 Å². The molecule has 0 unspecified atom stereocenters. The van der Waals surface area contributed by atoms with Crippen molar-refractivity contribution in [2.45, 2.75) is 47.0 Å². The zero-order valence-electron chi connectivity index (χ0n) is 12.3. The Bertz CT molecular complexity index is 316. The fourth-order valence-corrected chi connectivity index (χ4v) is 1.10. The molecule has 0 spiro atoms. The molecule has 19 heavy (non-hydrogen) atoms. The van der Waals surface area contributed by atoms with Gasteiger partial charge in [0.1, 0.15) is 0 Å². The first-order valence-corrected chi connectivity index (χ1v) is 6.21. The topological polar surface area (TPSA) is 66.4 Å². The van der Waals surface area contributed by atoms with Gasteiger partial charge in [-0.2, -0.15) is 12.5 Å². The second kappa shape index (κ2) is 10.0.